The molecule has 138 valence electrons. The maximum absolute atomic E-state index is 5.97. The summed E-state index contributed by atoms with van der Waals surface area (Å²) in [6, 6.07) is 33.2. The van der Waals surface area contributed by atoms with Crippen molar-refractivity contribution in [1.82, 2.24) is 4.98 Å². The van der Waals surface area contributed by atoms with Crippen LogP contribution >= 0.6 is 11.8 Å². The van der Waals surface area contributed by atoms with Gasteiger partial charge < -0.3 is 10.6 Å². The summed E-state index contributed by atoms with van der Waals surface area (Å²) in [5, 5.41) is 0. The van der Waals surface area contributed by atoms with Gasteiger partial charge in [-0.05, 0) is 54.8 Å². The molecule has 0 amide bonds. The highest BCUT2D eigenvalue weighted by atomic mass is 32.2. The standard InChI is InChI=1S/C24H21N3S/c1-28-22-16-23(26-24(25)17-22)18-12-14-21(15-13-18)27(19-8-4-2-5-9-19)20-10-6-3-7-11-20/h2-17H,1H3,(H2,25,26). The fourth-order valence-corrected chi connectivity index (χ4v) is 3.64. The number of rotatable bonds is 5. The molecule has 4 heteroatoms. The zero-order valence-corrected chi connectivity index (χ0v) is 16.4. The van der Waals surface area contributed by atoms with Gasteiger partial charge in [0.1, 0.15) is 5.82 Å². The van der Waals surface area contributed by atoms with E-state index in [0.717, 1.165) is 33.2 Å². The van der Waals surface area contributed by atoms with Crippen LogP contribution in [0.1, 0.15) is 0 Å². The lowest BCUT2D eigenvalue weighted by Gasteiger charge is -2.25. The van der Waals surface area contributed by atoms with Crippen molar-refractivity contribution in [3.05, 3.63) is 97.1 Å². The van der Waals surface area contributed by atoms with E-state index in [2.05, 4.69) is 88.7 Å². The molecule has 4 aromatic rings. The van der Waals surface area contributed by atoms with E-state index in [-0.39, 0.29) is 0 Å². The number of hydrogen-bond acceptors (Lipinski definition) is 4. The Morgan fingerprint density at radius 1 is 0.714 bits per heavy atom. The van der Waals surface area contributed by atoms with Gasteiger partial charge in [-0.15, -0.1) is 11.8 Å². The second-order valence-electron chi connectivity index (χ2n) is 6.37. The molecule has 0 bridgehead atoms. The highest BCUT2D eigenvalue weighted by molar-refractivity contribution is 7.98. The van der Waals surface area contributed by atoms with Crippen LogP contribution in [0, 0.1) is 0 Å². The minimum Gasteiger partial charge on any atom is -0.384 e. The number of aromatic nitrogens is 1. The fourth-order valence-electron chi connectivity index (χ4n) is 3.17. The van der Waals surface area contributed by atoms with Crippen molar-refractivity contribution in [2.24, 2.45) is 0 Å². The van der Waals surface area contributed by atoms with Crippen LogP contribution in [-0.2, 0) is 0 Å². The second kappa shape index (κ2) is 8.19. The molecule has 0 unspecified atom stereocenters. The average molecular weight is 384 g/mol. The summed E-state index contributed by atoms with van der Waals surface area (Å²) in [7, 11) is 0. The Kier molecular flexibility index (Phi) is 5.31. The van der Waals surface area contributed by atoms with E-state index in [1.165, 1.54) is 0 Å². The molecule has 0 fully saturated rings. The van der Waals surface area contributed by atoms with Gasteiger partial charge in [-0.1, -0.05) is 48.5 Å². The van der Waals surface area contributed by atoms with Crippen LogP contribution in [0.3, 0.4) is 0 Å². The van der Waals surface area contributed by atoms with Gasteiger partial charge in [0.25, 0.3) is 0 Å². The lowest BCUT2D eigenvalue weighted by molar-refractivity contribution is 1.26. The summed E-state index contributed by atoms with van der Waals surface area (Å²) in [4.78, 5) is 7.85. The van der Waals surface area contributed by atoms with Gasteiger partial charge in [0.05, 0.1) is 5.69 Å². The Bertz CT molecular complexity index is 1010. The number of nitrogen functional groups attached to an aromatic ring is 1. The van der Waals surface area contributed by atoms with E-state index < -0.39 is 0 Å². The number of hydrogen-bond donors (Lipinski definition) is 1. The topological polar surface area (TPSA) is 42.1 Å². The van der Waals surface area contributed by atoms with Gasteiger partial charge in [0.15, 0.2) is 0 Å². The van der Waals surface area contributed by atoms with Crippen molar-refractivity contribution < 1.29 is 0 Å². The molecule has 2 N–H and O–H groups in total. The third-order valence-electron chi connectivity index (χ3n) is 4.50. The van der Waals surface area contributed by atoms with Crippen LogP contribution in [-0.4, -0.2) is 11.2 Å². The SMILES string of the molecule is CSc1cc(N)nc(-c2ccc(N(c3ccccc3)c3ccccc3)cc2)c1. The second-order valence-corrected chi connectivity index (χ2v) is 7.25. The molecule has 0 radical (unpaired) electrons. The molecule has 0 atom stereocenters. The molecule has 3 aromatic carbocycles. The number of benzene rings is 3. The van der Waals surface area contributed by atoms with Crippen molar-refractivity contribution in [2.45, 2.75) is 4.90 Å². The normalized spacial score (nSPS) is 10.6. The van der Waals surface area contributed by atoms with Crippen LogP contribution in [0.5, 0.6) is 0 Å². The molecule has 1 aromatic heterocycles. The lowest BCUT2D eigenvalue weighted by Crippen LogP contribution is -2.09. The average Bonchev–Trinajstić information content (AvgIpc) is 2.75. The first-order chi connectivity index (χ1) is 13.7. The van der Waals surface area contributed by atoms with Gasteiger partial charge >= 0.3 is 0 Å². The van der Waals surface area contributed by atoms with Crippen LogP contribution < -0.4 is 10.6 Å². The summed E-state index contributed by atoms with van der Waals surface area (Å²) >= 11 is 1.67. The van der Waals surface area contributed by atoms with Crippen molar-refractivity contribution in [2.75, 3.05) is 16.9 Å². The Morgan fingerprint density at radius 3 is 1.79 bits per heavy atom. The Labute approximate surface area is 169 Å². The van der Waals surface area contributed by atoms with Gasteiger partial charge in [0.2, 0.25) is 0 Å². The fraction of sp³-hybridized carbons (Fsp3) is 0.0417. The number of anilines is 4. The largest absolute Gasteiger partial charge is 0.384 e. The predicted molar refractivity (Wildman–Crippen MR) is 121 cm³/mol. The Hall–Kier alpha value is -3.24. The predicted octanol–water partition coefficient (Wildman–Crippen LogP) is 6.52. The lowest BCUT2D eigenvalue weighted by atomic mass is 10.1. The molecular formula is C24H21N3S. The summed E-state index contributed by atoms with van der Waals surface area (Å²) in [6.45, 7) is 0. The van der Waals surface area contributed by atoms with Crippen LogP contribution in [0.15, 0.2) is 102 Å². The zero-order valence-electron chi connectivity index (χ0n) is 15.6. The molecule has 0 spiro atoms. The summed E-state index contributed by atoms with van der Waals surface area (Å²) in [5.74, 6) is 0.543. The van der Waals surface area contributed by atoms with Crippen molar-refractivity contribution in [3.63, 3.8) is 0 Å². The summed E-state index contributed by atoms with van der Waals surface area (Å²) in [6.07, 6.45) is 2.04. The monoisotopic (exact) mass is 383 g/mol. The minimum absolute atomic E-state index is 0.543. The maximum atomic E-state index is 5.97. The summed E-state index contributed by atoms with van der Waals surface area (Å²) < 4.78 is 0. The van der Waals surface area contributed by atoms with Gasteiger partial charge in [-0.2, -0.15) is 0 Å². The first-order valence-corrected chi connectivity index (χ1v) is 10.3. The first kappa shape index (κ1) is 18.1. The van der Waals surface area contributed by atoms with E-state index in [1.807, 2.05) is 24.5 Å². The van der Waals surface area contributed by atoms with Crippen molar-refractivity contribution >= 4 is 34.6 Å². The number of nitrogens with two attached hydrogens (primary N) is 1. The maximum Gasteiger partial charge on any atom is 0.125 e. The minimum atomic E-state index is 0.543. The van der Waals surface area contributed by atoms with E-state index in [4.69, 9.17) is 5.73 Å². The van der Waals surface area contributed by atoms with Crippen LogP contribution in [0.2, 0.25) is 0 Å². The molecule has 0 saturated heterocycles. The quantitative estimate of drug-likeness (QED) is 0.398. The van der Waals surface area contributed by atoms with E-state index >= 15 is 0 Å². The van der Waals surface area contributed by atoms with Crippen molar-refractivity contribution in [1.29, 1.82) is 0 Å². The molecule has 28 heavy (non-hydrogen) atoms. The van der Waals surface area contributed by atoms with Crippen molar-refractivity contribution in [3.8, 4) is 11.3 Å². The van der Waals surface area contributed by atoms with Gasteiger partial charge in [0, 0.05) is 27.5 Å². The molecule has 0 aliphatic rings. The number of para-hydroxylation sites is 2. The Balaban J connectivity index is 1.74. The first-order valence-electron chi connectivity index (χ1n) is 9.07. The molecule has 1 heterocycles. The molecule has 3 nitrogen and oxygen atoms in total. The van der Waals surface area contributed by atoms with Crippen LogP contribution in [0.25, 0.3) is 11.3 Å². The number of thioether (sulfide) groups is 1. The molecule has 0 aliphatic carbocycles. The van der Waals surface area contributed by atoms with Gasteiger partial charge in [-0.25, -0.2) is 4.98 Å². The smallest absolute Gasteiger partial charge is 0.125 e. The molecule has 0 saturated carbocycles. The zero-order chi connectivity index (χ0) is 19.3. The highest BCUT2D eigenvalue weighted by Crippen LogP contribution is 2.35. The third-order valence-corrected chi connectivity index (χ3v) is 5.21. The molecular weight excluding hydrogens is 362 g/mol. The third kappa shape index (κ3) is 3.87. The number of pyridine rings is 1. The molecule has 0 aliphatic heterocycles. The highest BCUT2D eigenvalue weighted by Gasteiger charge is 2.12. The van der Waals surface area contributed by atoms with E-state index in [0.29, 0.717) is 5.82 Å². The number of nitrogens with zero attached hydrogens (tertiary/aromatic N) is 2. The van der Waals surface area contributed by atoms with Crippen LogP contribution in [0.4, 0.5) is 22.9 Å². The molecule has 4 rings (SSSR count). The summed E-state index contributed by atoms with van der Waals surface area (Å²) in [5.41, 5.74) is 11.2. The Morgan fingerprint density at radius 2 is 1.25 bits per heavy atom. The van der Waals surface area contributed by atoms with Gasteiger partial charge in [-0.3, -0.25) is 0 Å². The van der Waals surface area contributed by atoms with E-state index in [9.17, 15) is 0 Å². The van der Waals surface area contributed by atoms with E-state index in [1.54, 1.807) is 11.8 Å².